The van der Waals surface area contributed by atoms with Crippen LogP contribution in [0.25, 0.3) is 0 Å². The lowest BCUT2D eigenvalue weighted by atomic mass is 9.84. The zero-order valence-corrected chi connectivity index (χ0v) is 78.7. The van der Waals surface area contributed by atoms with E-state index < -0.39 is 147 Å². The van der Waals surface area contributed by atoms with Crippen molar-refractivity contribution in [3.63, 3.8) is 0 Å². The summed E-state index contributed by atoms with van der Waals surface area (Å²) in [6.07, 6.45) is 2.52. The number of carbonyl (C=O) groups excluding carboxylic acids is 17. The summed E-state index contributed by atoms with van der Waals surface area (Å²) in [6.45, 7) is 55.8. The van der Waals surface area contributed by atoms with Crippen molar-refractivity contribution >= 4 is 106 Å². The molecule has 16 amide bonds. The van der Waals surface area contributed by atoms with Crippen LogP contribution in [0.4, 0.5) is 14.4 Å². The van der Waals surface area contributed by atoms with E-state index in [2.05, 4.69) is 69.1 Å². The third kappa shape index (κ3) is 50.6. The van der Waals surface area contributed by atoms with E-state index in [4.69, 9.17) is 28.0 Å². The molecular weight excluding hydrogens is 1560 g/mol. The smallest absolute Gasteiger partial charge is 0.312 e. The van der Waals surface area contributed by atoms with Gasteiger partial charge < -0.3 is 97.2 Å². The third-order valence-corrected chi connectivity index (χ3v) is 18.5. The molecule has 0 saturated heterocycles. The van der Waals surface area contributed by atoms with Crippen molar-refractivity contribution in [1.82, 2.24) is 69.1 Å². The number of hydrogen-bond donors (Lipinski definition) is 18. The van der Waals surface area contributed by atoms with Gasteiger partial charge in [-0.1, -0.05) is 208 Å². The number of amides is 16. The molecule has 10 atom stereocenters. The van der Waals surface area contributed by atoms with E-state index >= 15 is 0 Å². The Morgan fingerprint density at radius 3 is 0.711 bits per heavy atom. The number of Topliss-reactive ketones (excluding diaryl/α,β-unsaturated/α-hetero) is 4. The van der Waals surface area contributed by atoms with E-state index in [1.165, 1.54) is 0 Å². The molecule has 0 aliphatic rings. The number of nitrogens with one attached hydrogen (secondary N) is 13. The second kappa shape index (κ2) is 54.9. The number of aliphatic carboxylic acids is 1. The second-order valence-electron chi connectivity index (χ2n) is 38.8. The maximum atomic E-state index is 13.2. The molecule has 0 unspecified atom stereocenters. The molecule has 121 heavy (non-hydrogen) atoms. The summed E-state index contributed by atoms with van der Waals surface area (Å²) >= 11 is 0. The predicted molar refractivity (Wildman–Crippen MR) is 466 cm³/mol. The Hall–Kier alpha value is -9.38. The summed E-state index contributed by atoms with van der Waals surface area (Å²) in [5, 5.41) is 43.6. The predicted octanol–water partition coefficient (Wildman–Crippen LogP) is 5.25. The number of ketones is 4. The van der Waals surface area contributed by atoms with Gasteiger partial charge in [-0.05, 0) is 94.9 Å². The summed E-state index contributed by atoms with van der Waals surface area (Å²) in [5.41, 5.74) is 16.7. The van der Waals surface area contributed by atoms with Crippen molar-refractivity contribution in [2.45, 2.75) is 339 Å². The lowest BCUT2D eigenvalue weighted by Gasteiger charge is -2.30. The monoisotopic (exact) mass is 1720 g/mol. The van der Waals surface area contributed by atoms with Gasteiger partial charge in [0.15, 0.2) is 23.1 Å². The highest BCUT2D eigenvalue weighted by Crippen LogP contribution is 2.25. The summed E-state index contributed by atoms with van der Waals surface area (Å²) in [4.78, 5) is 221. The molecule has 0 aliphatic carbocycles. The lowest BCUT2D eigenvalue weighted by molar-refractivity contribution is -0.139. The summed E-state index contributed by atoms with van der Waals surface area (Å²) < 4.78 is 0. The van der Waals surface area contributed by atoms with Crippen LogP contribution in [-0.4, -0.2) is 198 Å². The first kappa shape index (κ1) is 118. The van der Waals surface area contributed by atoms with Crippen LogP contribution in [0.3, 0.4) is 0 Å². The molecule has 0 radical (unpaired) electrons. The standard InChI is InChI=1S/C25H48N6O5.C25H45N5O7.C19H36N4O4.C16H30N2O3/c1-15(2)18(31-20(33)17(11-9-13-26)30-22(35)25(6,7)8)21(34)29-16(19(32)24(3,4)5)12-10-14-28-23(27)36;1-14(2)18(30-20(34)16(11-12-17(31)32)29-22(36)25(6,7)8)21(35)28-15(19(33)24(3,4)5)10-9-13-27-23(26)37;1-11(2)14(23-16(25)12(3)4)17(26)22-13(15(24)19(5,6)7)9-8-10-21-18(20)27;1-9(2)12(18-14(20)10(3)4)15(21)17-11(5)13(19)16(6,7)8/h15-18H,9-14,26H2,1-8H3,(H,29,34)(H,30,35)(H,31,33)(H3,27,28,36);14-16,18H,9-13H2,1-8H3,(H,28,35)(H,29,36)(H,30,34)(H,31,32)(H3,26,27,37);11-14H,8-10H2,1-7H3,(H,22,26)(H,23,25)(H3,20,21,27);9-12H,1-8H3,(H,17,21)(H,18,20)/t16-,17-,18-;15-,16-,18-;13-,14-;11-,12-/m0000/s1. The number of carboxylic acid groups (broad SMARTS) is 1. The molecule has 0 heterocycles. The van der Waals surface area contributed by atoms with Crippen molar-refractivity contribution in [2.75, 3.05) is 26.2 Å². The SMILES string of the molecule is CC(C)C(=O)N[C@H](C(=O)N[C@@H](C)C(=O)C(C)(C)C)C(C)C.CC(C)C(=O)N[C@H](C(=O)N[C@@H](CCCNC(N)=O)C(=O)C(C)(C)C)C(C)C.CC(C)[C@H](NC(=O)[C@H](CCC(=O)O)NC(=O)C(C)(C)C)C(=O)N[C@@H](CCCNC(N)=O)C(=O)C(C)(C)C.CC(C)[C@H](NC(=O)[C@H](CCCN)NC(=O)C(C)(C)C)C(=O)N[C@@H](CCCNC(N)=O)C(=O)C(C)(C)C. The highest BCUT2D eigenvalue weighted by molar-refractivity contribution is 5.99. The van der Waals surface area contributed by atoms with Gasteiger partial charge in [0.1, 0.15) is 36.3 Å². The molecule has 36 heteroatoms. The van der Waals surface area contributed by atoms with E-state index in [9.17, 15) is 86.3 Å². The lowest BCUT2D eigenvalue weighted by Crippen LogP contribution is -2.58. The Kier molecular flexibility index (Phi) is 53.5. The Morgan fingerprint density at radius 1 is 0.273 bits per heavy atom. The molecule has 0 aliphatic heterocycles. The Bertz CT molecular complexity index is 3410. The van der Waals surface area contributed by atoms with E-state index in [-0.39, 0.29) is 121 Å². The van der Waals surface area contributed by atoms with Crippen molar-refractivity contribution in [1.29, 1.82) is 0 Å². The number of nitrogens with two attached hydrogens (primary N) is 4. The first-order valence-corrected chi connectivity index (χ1v) is 42.1. The van der Waals surface area contributed by atoms with Crippen molar-refractivity contribution in [3.8, 4) is 0 Å². The number of urea groups is 3. The van der Waals surface area contributed by atoms with Gasteiger partial charge >= 0.3 is 24.1 Å². The molecule has 0 spiro atoms. The van der Waals surface area contributed by atoms with Gasteiger partial charge in [-0.25, -0.2) is 14.4 Å². The first-order valence-electron chi connectivity index (χ1n) is 42.1. The van der Waals surface area contributed by atoms with Crippen LogP contribution in [0.1, 0.15) is 279 Å². The molecule has 0 aromatic heterocycles. The quantitative estimate of drug-likeness (QED) is 0.0346. The minimum absolute atomic E-state index is 0.0338. The van der Waals surface area contributed by atoms with Gasteiger partial charge in [-0.3, -0.25) is 71.9 Å². The average Bonchev–Trinajstić information content (AvgIpc) is 0.849. The van der Waals surface area contributed by atoms with E-state index in [0.29, 0.717) is 58.0 Å². The minimum atomic E-state index is -1.16. The average molecular weight is 1720 g/mol. The maximum absolute atomic E-state index is 13.2. The number of primary amides is 3. The highest BCUT2D eigenvalue weighted by Gasteiger charge is 2.40. The first-order chi connectivity index (χ1) is 54.8. The number of rotatable bonds is 44. The number of carbonyl (C=O) groups is 18. The topological polar surface area (TPSA) is 588 Å². The second-order valence-corrected chi connectivity index (χ2v) is 38.8. The molecule has 698 valence electrons. The van der Waals surface area contributed by atoms with Crippen LogP contribution in [0, 0.1) is 68.0 Å². The van der Waals surface area contributed by atoms with E-state index in [1.54, 1.807) is 166 Å². The zero-order chi connectivity index (χ0) is 95.7. The van der Waals surface area contributed by atoms with E-state index in [0.717, 1.165) is 0 Å². The number of hydrogen-bond acceptors (Lipinski definition) is 19. The largest absolute Gasteiger partial charge is 0.481 e. The van der Waals surface area contributed by atoms with Crippen LogP contribution >= 0.6 is 0 Å². The summed E-state index contributed by atoms with van der Waals surface area (Å²) in [7, 11) is 0. The normalized spacial score (nSPS) is 14.3. The van der Waals surface area contributed by atoms with Crippen molar-refractivity contribution < 1.29 is 91.4 Å². The van der Waals surface area contributed by atoms with Gasteiger partial charge in [-0.15, -0.1) is 0 Å². The van der Waals surface area contributed by atoms with Crippen LogP contribution in [-0.2, 0) is 71.9 Å². The summed E-state index contributed by atoms with van der Waals surface area (Å²) in [6, 6.07) is -10.3. The van der Waals surface area contributed by atoms with Crippen molar-refractivity contribution in [3.05, 3.63) is 0 Å². The fourth-order valence-electron chi connectivity index (χ4n) is 10.9. The van der Waals surface area contributed by atoms with Crippen LogP contribution in [0.15, 0.2) is 0 Å². The van der Waals surface area contributed by atoms with Gasteiger partial charge in [0.05, 0.1) is 24.2 Å². The Morgan fingerprint density at radius 2 is 0.504 bits per heavy atom. The molecule has 0 aromatic rings. The van der Waals surface area contributed by atoms with Gasteiger partial charge in [-0.2, -0.15) is 0 Å². The Balaban J connectivity index is -0.000000770. The van der Waals surface area contributed by atoms with Crippen LogP contribution < -0.4 is 92.1 Å². The van der Waals surface area contributed by atoms with Gasteiger partial charge in [0, 0.05) is 70.4 Å². The minimum Gasteiger partial charge on any atom is -0.481 e. The molecule has 22 N–H and O–H groups in total. The molecule has 0 rings (SSSR count). The maximum Gasteiger partial charge on any atom is 0.312 e. The van der Waals surface area contributed by atoms with Gasteiger partial charge in [0.25, 0.3) is 0 Å². The van der Waals surface area contributed by atoms with Gasteiger partial charge in [0.2, 0.25) is 59.1 Å². The van der Waals surface area contributed by atoms with Crippen molar-refractivity contribution in [2.24, 2.45) is 90.9 Å². The molecule has 0 fully saturated rings. The number of carboxylic acids is 1. The molecule has 36 nitrogen and oxygen atoms in total. The third-order valence-electron chi connectivity index (χ3n) is 18.5. The molecule has 0 bridgehead atoms. The fraction of sp³-hybridized carbons (Fsp3) is 0.788. The molecular formula is C85H159N17O19. The fourth-order valence-corrected chi connectivity index (χ4v) is 10.9. The molecule has 0 aromatic carbocycles. The zero-order valence-electron chi connectivity index (χ0n) is 78.7. The highest BCUT2D eigenvalue weighted by atomic mass is 16.4. The van der Waals surface area contributed by atoms with E-state index in [1.807, 2.05) is 48.5 Å². The molecule has 0 saturated carbocycles. The summed E-state index contributed by atoms with van der Waals surface area (Å²) in [5.74, 6) is -7.02. The van der Waals surface area contributed by atoms with Crippen LogP contribution in [0.2, 0.25) is 0 Å². The Labute approximate surface area is 720 Å². The van der Waals surface area contributed by atoms with Crippen LogP contribution in [0.5, 0.6) is 0 Å².